The van der Waals surface area contributed by atoms with E-state index in [4.69, 9.17) is 10.2 Å². The molecule has 0 aromatic carbocycles. The molecule has 0 aliphatic rings. The minimum absolute atomic E-state index is 0.0620. The summed E-state index contributed by atoms with van der Waals surface area (Å²) < 4.78 is 52.9. The lowest BCUT2D eigenvalue weighted by molar-refractivity contribution is 0.0681. The number of pyridine rings is 1. The van der Waals surface area contributed by atoms with Crippen molar-refractivity contribution < 1.29 is 36.6 Å². The lowest BCUT2D eigenvalue weighted by Gasteiger charge is -2.06. The van der Waals surface area contributed by atoms with Crippen LogP contribution in [0.15, 0.2) is 70.1 Å². The molecule has 21 heteroatoms. The summed E-state index contributed by atoms with van der Waals surface area (Å²) in [7, 11) is -7.94. The first-order valence-corrected chi connectivity index (χ1v) is 16.0. The Bertz CT molecular complexity index is 1960. The highest BCUT2D eigenvalue weighted by molar-refractivity contribution is 7.93. The molecule has 0 aliphatic carbocycles. The van der Waals surface area contributed by atoms with E-state index >= 15 is 0 Å². The first-order chi connectivity index (χ1) is 20.4. The van der Waals surface area contributed by atoms with Gasteiger partial charge in [0.1, 0.15) is 25.6 Å². The fraction of sp³-hybridized carbons (Fsp3) is 0.0455. The number of hydrogen-bond donors (Lipinski definition) is 4. The quantitative estimate of drug-likeness (QED) is 0.176. The smallest absolute Gasteiger partial charge is 0.357 e. The van der Waals surface area contributed by atoms with Crippen molar-refractivity contribution in [3.05, 3.63) is 77.5 Å². The molecule has 0 fully saturated rings. The van der Waals surface area contributed by atoms with E-state index in [1.54, 1.807) is 31.5 Å². The first kappa shape index (κ1) is 31.0. The van der Waals surface area contributed by atoms with E-state index in [1.165, 1.54) is 11.0 Å². The van der Waals surface area contributed by atoms with Crippen molar-refractivity contribution in [1.82, 2.24) is 34.9 Å². The molecule has 5 rings (SSSR count). The van der Waals surface area contributed by atoms with Crippen LogP contribution in [0.2, 0.25) is 0 Å². The van der Waals surface area contributed by atoms with Crippen LogP contribution in [-0.4, -0.2) is 73.9 Å². The summed E-state index contributed by atoms with van der Waals surface area (Å²) in [6.45, 7) is 1.62. The number of rotatable bonds is 9. The van der Waals surface area contributed by atoms with E-state index in [0.717, 1.165) is 47.5 Å². The van der Waals surface area contributed by atoms with E-state index in [9.17, 15) is 26.4 Å². The molecule has 43 heavy (non-hydrogen) atoms. The van der Waals surface area contributed by atoms with Crippen LogP contribution in [0.5, 0.6) is 0 Å². The third-order valence-electron chi connectivity index (χ3n) is 4.94. The van der Waals surface area contributed by atoms with E-state index < -0.39 is 32.0 Å². The van der Waals surface area contributed by atoms with Crippen molar-refractivity contribution in [3.8, 4) is 11.4 Å². The number of hydrogen-bond acceptors (Lipinski definition) is 15. The third kappa shape index (κ3) is 7.65. The van der Waals surface area contributed by atoms with Crippen molar-refractivity contribution in [2.45, 2.75) is 16.7 Å². The molecule has 0 aliphatic heterocycles. The Kier molecular flexibility index (Phi) is 9.28. The summed E-state index contributed by atoms with van der Waals surface area (Å²) in [5.74, 6) is -1.85. The predicted molar refractivity (Wildman–Crippen MR) is 152 cm³/mol. The third-order valence-corrected chi connectivity index (χ3v) is 9.29. The topological polar surface area (TPSA) is 257 Å². The summed E-state index contributed by atoms with van der Waals surface area (Å²) in [6, 6.07) is 3.39. The predicted octanol–water partition coefficient (Wildman–Crippen LogP) is 2.23. The number of carbonyl (C=O) groups is 2. The molecule has 17 nitrogen and oxygen atoms in total. The van der Waals surface area contributed by atoms with Crippen molar-refractivity contribution in [2.75, 3.05) is 9.44 Å². The summed E-state index contributed by atoms with van der Waals surface area (Å²) in [5.41, 5.74) is 2.47. The highest BCUT2D eigenvalue weighted by Crippen LogP contribution is 2.25. The number of sulfonamides is 2. The second-order valence-corrected chi connectivity index (χ2v) is 12.9. The average Bonchev–Trinajstić information content (AvgIpc) is 3.63. The molecule has 0 amide bonds. The minimum Gasteiger partial charge on any atom is -0.476 e. The van der Waals surface area contributed by atoms with Gasteiger partial charge in [0.15, 0.2) is 17.2 Å². The van der Waals surface area contributed by atoms with Gasteiger partial charge in [-0.25, -0.2) is 56.3 Å². The fourth-order valence-electron chi connectivity index (χ4n) is 2.93. The lowest BCUT2D eigenvalue weighted by Crippen LogP contribution is -2.15. The molecule has 0 spiro atoms. The van der Waals surface area contributed by atoms with Crippen LogP contribution >= 0.6 is 22.7 Å². The number of carboxylic acid groups (broad SMARTS) is 2. The Balaban J connectivity index is 0.000000203. The highest BCUT2D eigenvalue weighted by atomic mass is 32.2. The fourth-order valence-corrected chi connectivity index (χ4v) is 6.68. The second kappa shape index (κ2) is 12.9. The van der Waals surface area contributed by atoms with Gasteiger partial charge in [0.2, 0.25) is 0 Å². The normalized spacial score (nSPS) is 11.2. The van der Waals surface area contributed by atoms with Crippen LogP contribution in [0.3, 0.4) is 0 Å². The van der Waals surface area contributed by atoms with Gasteiger partial charge in [-0.15, -0.1) is 22.7 Å². The summed E-state index contributed by atoms with van der Waals surface area (Å²) in [6.07, 6.45) is 7.72. The maximum absolute atomic E-state index is 12.3. The largest absolute Gasteiger partial charge is 0.476 e. The lowest BCUT2D eigenvalue weighted by atomic mass is 10.2. The summed E-state index contributed by atoms with van der Waals surface area (Å²) >= 11 is 1.75. The Hall–Kier alpha value is -4.99. The highest BCUT2D eigenvalue weighted by Gasteiger charge is 2.23. The maximum atomic E-state index is 12.3. The Morgan fingerprint density at radius 3 is 1.53 bits per heavy atom. The molecule has 0 radical (unpaired) electrons. The number of nitrogens with one attached hydrogen (secondary N) is 2. The van der Waals surface area contributed by atoms with Crippen LogP contribution in [-0.2, 0) is 20.0 Å². The number of carboxylic acids is 2. The molecule has 5 heterocycles. The van der Waals surface area contributed by atoms with Gasteiger partial charge in [-0.3, -0.25) is 14.4 Å². The molecule has 0 unspecified atom stereocenters. The molecule has 0 saturated carbocycles. The van der Waals surface area contributed by atoms with Crippen LogP contribution < -0.4 is 9.44 Å². The monoisotopic (exact) mass is 663 g/mol. The summed E-state index contributed by atoms with van der Waals surface area (Å²) in [5, 5.41) is 17.7. The zero-order valence-corrected chi connectivity index (χ0v) is 24.6. The SMILES string of the molecule is Cc1ncc(S(=O)(=O)Nc2scnc2C(=O)O)cn1.O=C(O)c1ncsc1NS(=O)(=O)c1cnc(-c2ccncc2)nc1. The second-order valence-electron chi connectivity index (χ2n) is 7.83. The van der Waals surface area contributed by atoms with E-state index in [1.807, 2.05) is 0 Å². The number of anilines is 2. The zero-order valence-electron chi connectivity index (χ0n) is 21.4. The maximum Gasteiger partial charge on any atom is 0.357 e. The van der Waals surface area contributed by atoms with Gasteiger partial charge in [-0.05, 0) is 19.1 Å². The number of aromatic nitrogens is 7. The molecule has 0 atom stereocenters. The molecule has 0 bridgehead atoms. The first-order valence-electron chi connectivity index (χ1n) is 11.3. The number of aryl methyl sites for hydroxylation is 1. The van der Waals surface area contributed by atoms with Gasteiger partial charge >= 0.3 is 11.9 Å². The zero-order chi connectivity index (χ0) is 31.2. The summed E-state index contributed by atoms with van der Waals surface area (Å²) in [4.78, 5) is 48.1. The van der Waals surface area contributed by atoms with Crippen molar-refractivity contribution in [3.63, 3.8) is 0 Å². The van der Waals surface area contributed by atoms with E-state index in [0.29, 0.717) is 17.2 Å². The van der Waals surface area contributed by atoms with Crippen LogP contribution in [0.4, 0.5) is 10.0 Å². The van der Waals surface area contributed by atoms with Crippen LogP contribution in [0.1, 0.15) is 26.8 Å². The number of nitrogens with zero attached hydrogens (tertiary/aromatic N) is 7. The standard InChI is InChI=1S/C13H9N5O4S2.C9H8N4O4S2/c19-13(20)10-12(23-7-17-10)18-24(21,22)9-5-15-11(16-6-9)8-1-3-14-4-2-8;1-5-10-2-6(3-11-5)19(16,17)13-8-7(9(14)15)12-4-18-8/h1-7,18H,(H,19,20);2-4,13H,1H3,(H,14,15). The van der Waals surface area contributed by atoms with Gasteiger partial charge in [0.25, 0.3) is 20.0 Å². The Labute approximate surface area is 250 Å². The van der Waals surface area contributed by atoms with Gasteiger partial charge in [-0.1, -0.05) is 0 Å². The molecule has 222 valence electrons. The molecule has 0 saturated heterocycles. The van der Waals surface area contributed by atoms with Gasteiger partial charge in [0.05, 0.1) is 35.8 Å². The van der Waals surface area contributed by atoms with Gasteiger partial charge in [-0.2, -0.15) is 0 Å². The Morgan fingerprint density at radius 1 is 0.698 bits per heavy atom. The van der Waals surface area contributed by atoms with Crippen molar-refractivity contribution >= 4 is 64.7 Å². The number of thiazole rings is 2. The number of aromatic carboxylic acids is 2. The Morgan fingerprint density at radius 2 is 1.12 bits per heavy atom. The van der Waals surface area contributed by atoms with Crippen LogP contribution in [0, 0.1) is 6.92 Å². The van der Waals surface area contributed by atoms with Crippen LogP contribution in [0.25, 0.3) is 11.4 Å². The molecular formula is C22H17N9O8S4. The molecule has 5 aromatic heterocycles. The minimum atomic E-state index is -4.02. The molecular weight excluding hydrogens is 647 g/mol. The van der Waals surface area contributed by atoms with E-state index in [-0.39, 0.29) is 31.2 Å². The van der Waals surface area contributed by atoms with Crippen molar-refractivity contribution in [2.24, 2.45) is 0 Å². The van der Waals surface area contributed by atoms with E-state index in [2.05, 4.69) is 44.3 Å². The average molecular weight is 664 g/mol. The van der Waals surface area contributed by atoms with Gasteiger partial charge in [0, 0.05) is 18.0 Å². The van der Waals surface area contributed by atoms with Crippen molar-refractivity contribution in [1.29, 1.82) is 0 Å². The van der Waals surface area contributed by atoms with Gasteiger partial charge < -0.3 is 10.2 Å². The molecule has 5 aromatic rings. The molecule has 4 N–H and O–H groups in total.